The maximum absolute atomic E-state index is 10.9. The van der Waals surface area contributed by atoms with Crippen molar-refractivity contribution in [2.24, 2.45) is 11.7 Å². The Morgan fingerprint density at radius 2 is 1.93 bits per heavy atom. The number of nitrogens with two attached hydrogens (primary N) is 1. The Morgan fingerprint density at radius 3 is 2.40 bits per heavy atom. The van der Waals surface area contributed by atoms with Gasteiger partial charge in [-0.1, -0.05) is 0 Å². The molecule has 0 heterocycles. The molecule has 1 amide bonds. The van der Waals surface area contributed by atoms with Crippen LogP contribution in [0.2, 0.25) is 0 Å². The van der Waals surface area contributed by atoms with E-state index in [1.807, 2.05) is 0 Å². The summed E-state index contributed by atoms with van der Waals surface area (Å²) < 4.78 is 4.53. The zero-order valence-electron chi connectivity index (χ0n) is 8.99. The van der Waals surface area contributed by atoms with Crippen molar-refractivity contribution >= 4 is 11.9 Å². The molecular weight excluding hydrogens is 196 g/mol. The van der Waals surface area contributed by atoms with Gasteiger partial charge in [-0.25, -0.2) is 0 Å². The molecule has 86 valence electrons. The highest BCUT2D eigenvalue weighted by Gasteiger charge is 2.24. The fraction of sp³-hybridized carbons (Fsp3) is 0.800. The zero-order chi connectivity index (χ0) is 11.3. The lowest BCUT2D eigenvalue weighted by atomic mass is 9.85. The fourth-order valence-corrected chi connectivity index (χ4v) is 1.88. The molecule has 0 aromatic rings. The third kappa shape index (κ3) is 3.87. The number of rotatable bonds is 4. The van der Waals surface area contributed by atoms with E-state index in [-0.39, 0.29) is 24.3 Å². The van der Waals surface area contributed by atoms with Crippen molar-refractivity contribution in [3.63, 3.8) is 0 Å². The molecule has 0 aliphatic heterocycles. The van der Waals surface area contributed by atoms with Gasteiger partial charge in [-0.15, -0.1) is 0 Å². The molecule has 0 bridgehead atoms. The first-order chi connectivity index (χ1) is 7.13. The summed E-state index contributed by atoms with van der Waals surface area (Å²) in [5.74, 6) is -0.449. The molecule has 0 unspecified atom stereocenters. The SMILES string of the molecule is COC(=O)CNC1CCC(C(N)=O)CC1. The van der Waals surface area contributed by atoms with Crippen molar-refractivity contribution in [3.05, 3.63) is 0 Å². The monoisotopic (exact) mass is 214 g/mol. The van der Waals surface area contributed by atoms with Crippen LogP contribution >= 0.6 is 0 Å². The highest BCUT2D eigenvalue weighted by Crippen LogP contribution is 2.23. The number of hydrogen-bond donors (Lipinski definition) is 2. The van der Waals surface area contributed by atoms with Gasteiger partial charge in [0.05, 0.1) is 13.7 Å². The average Bonchev–Trinajstić information content (AvgIpc) is 2.26. The Morgan fingerprint density at radius 1 is 1.33 bits per heavy atom. The van der Waals surface area contributed by atoms with E-state index in [0.29, 0.717) is 6.04 Å². The summed E-state index contributed by atoms with van der Waals surface area (Å²) in [6.45, 7) is 0.238. The highest BCUT2D eigenvalue weighted by atomic mass is 16.5. The molecule has 5 nitrogen and oxygen atoms in total. The van der Waals surface area contributed by atoms with Crippen LogP contribution in [0, 0.1) is 5.92 Å². The molecule has 1 rings (SSSR count). The molecule has 0 spiro atoms. The van der Waals surface area contributed by atoms with Crippen LogP contribution in [-0.4, -0.2) is 31.6 Å². The topological polar surface area (TPSA) is 81.4 Å². The maximum Gasteiger partial charge on any atom is 0.319 e. The van der Waals surface area contributed by atoms with Crippen LogP contribution in [0.15, 0.2) is 0 Å². The number of hydrogen-bond acceptors (Lipinski definition) is 4. The maximum atomic E-state index is 10.9. The van der Waals surface area contributed by atoms with Gasteiger partial charge < -0.3 is 15.8 Å². The summed E-state index contributed by atoms with van der Waals surface area (Å²) in [5.41, 5.74) is 5.22. The standard InChI is InChI=1S/C10H18N2O3/c1-15-9(13)6-12-8-4-2-7(3-5-8)10(11)14/h7-8,12H,2-6H2,1H3,(H2,11,14). The first-order valence-electron chi connectivity index (χ1n) is 5.23. The van der Waals surface area contributed by atoms with E-state index in [9.17, 15) is 9.59 Å². The van der Waals surface area contributed by atoms with Crippen LogP contribution in [0.5, 0.6) is 0 Å². The number of ether oxygens (including phenoxy) is 1. The molecule has 15 heavy (non-hydrogen) atoms. The van der Waals surface area contributed by atoms with Gasteiger partial charge >= 0.3 is 5.97 Å². The Hall–Kier alpha value is -1.10. The van der Waals surface area contributed by atoms with Crippen LogP contribution in [0.4, 0.5) is 0 Å². The lowest BCUT2D eigenvalue weighted by molar-refractivity contribution is -0.139. The molecule has 1 aliphatic rings. The fourth-order valence-electron chi connectivity index (χ4n) is 1.88. The van der Waals surface area contributed by atoms with Crippen LogP contribution in [0.3, 0.4) is 0 Å². The van der Waals surface area contributed by atoms with Crippen molar-refractivity contribution in [3.8, 4) is 0 Å². The number of methoxy groups -OCH3 is 1. The summed E-state index contributed by atoms with van der Waals surface area (Å²) >= 11 is 0. The number of carbonyl (C=O) groups excluding carboxylic acids is 2. The molecule has 1 aliphatic carbocycles. The van der Waals surface area contributed by atoms with Crippen LogP contribution in [0.25, 0.3) is 0 Å². The Labute approximate surface area is 89.3 Å². The number of carbonyl (C=O) groups is 2. The van der Waals surface area contributed by atoms with E-state index >= 15 is 0 Å². The molecular formula is C10H18N2O3. The van der Waals surface area contributed by atoms with Gasteiger partial charge in [-0.3, -0.25) is 9.59 Å². The Balaban J connectivity index is 2.20. The number of nitrogens with one attached hydrogen (secondary N) is 1. The molecule has 1 saturated carbocycles. The van der Waals surface area contributed by atoms with Crippen molar-refractivity contribution in [1.82, 2.24) is 5.32 Å². The van der Waals surface area contributed by atoms with Crippen LogP contribution in [-0.2, 0) is 14.3 Å². The summed E-state index contributed by atoms with van der Waals surface area (Å²) in [7, 11) is 1.37. The normalized spacial score (nSPS) is 25.9. The largest absolute Gasteiger partial charge is 0.468 e. The van der Waals surface area contributed by atoms with Crippen molar-refractivity contribution in [1.29, 1.82) is 0 Å². The number of esters is 1. The predicted molar refractivity (Wildman–Crippen MR) is 55.0 cm³/mol. The number of primary amides is 1. The highest BCUT2D eigenvalue weighted by molar-refractivity contribution is 5.76. The van der Waals surface area contributed by atoms with E-state index in [1.54, 1.807) is 0 Å². The minimum Gasteiger partial charge on any atom is -0.468 e. The van der Waals surface area contributed by atoms with Gasteiger partial charge in [-0.05, 0) is 25.7 Å². The Bertz CT molecular complexity index is 235. The lowest BCUT2D eigenvalue weighted by Crippen LogP contribution is -2.39. The molecule has 1 fully saturated rings. The molecule has 0 aromatic carbocycles. The first-order valence-corrected chi connectivity index (χ1v) is 5.23. The molecule has 0 atom stereocenters. The third-order valence-electron chi connectivity index (χ3n) is 2.89. The average molecular weight is 214 g/mol. The summed E-state index contributed by atoms with van der Waals surface area (Å²) in [5, 5.41) is 3.11. The summed E-state index contributed by atoms with van der Waals surface area (Å²) in [6.07, 6.45) is 3.41. The lowest BCUT2D eigenvalue weighted by Gasteiger charge is -2.27. The van der Waals surface area contributed by atoms with Gasteiger partial charge in [0.15, 0.2) is 0 Å². The van der Waals surface area contributed by atoms with Gasteiger partial charge in [0.25, 0.3) is 0 Å². The minimum absolute atomic E-state index is 0.0150. The second-order valence-corrected chi connectivity index (χ2v) is 3.91. The van der Waals surface area contributed by atoms with E-state index in [2.05, 4.69) is 10.1 Å². The molecule has 5 heteroatoms. The van der Waals surface area contributed by atoms with E-state index in [0.717, 1.165) is 25.7 Å². The van der Waals surface area contributed by atoms with E-state index < -0.39 is 0 Å². The van der Waals surface area contributed by atoms with Crippen LogP contribution in [0.1, 0.15) is 25.7 Å². The van der Waals surface area contributed by atoms with Crippen molar-refractivity contribution < 1.29 is 14.3 Å². The van der Waals surface area contributed by atoms with Gasteiger partial charge in [0.1, 0.15) is 0 Å². The zero-order valence-corrected chi connectivity index (χ0v) is 8.99. The second-order valence-electron chi connectivity index (χ2n) is 3.91. The molecule has 0 radical (unpaired) electrons. The third-order valence-corrected chi connectivity index (χ3v) is 2.89. The smallest absolute Gasteiger partial charge is 0.319 e. The summed E-state index contributed by atoms with van der Waals surface area (Å²) in [4.78, 5) is 21.8. The van der Waals surface area contributed by atoms with Crippen molar-refractivity contribution in [2.75, 3.05) is 13.7 Å². The summed E-state index contributed by atoms with van der Waals surface area (Å²) in [6, 6.07) is 0.305. The number of amides is 1. The van der Waals surface area contributed by atoms with E-state index in [4.69, 9.17) is 5.73 Å². The first kappa shape index (κ1) is 12.0. The minimum atomic E-state index is -0.257. The Kier molecular flexibility index (Phi) is 4.55. The molecule has 0 saturated heterocycles. The van der Waals surface area contributed by atoms with Crippen LogP contribution < -0.4 is 11.1 Å². The second kappa shape index (κ2) is 5.70. The van der Waals surface area contributed by atoms with E-state index in [1.165, 1.54) is 7.11 Å². The van der Waals surface area contributed by atoms with Crippen molar-refractivity contribution in [2.45, 2.75) is 31.7 Å². The quantitative estimate of drug-likeness (QED) is 0.635. The predicted octanol–water partition coefficient (Wildman–Crippen LogP) is -0.207. The van der Waals surface area contributed by atoms with Gasteiger partial charge in [0, 0.05) is 12.0 Å². The van der Waals surface area contributed by atoms with Gasteiger partial charge in [0.2, 0.25) is 5.91 Å². The van der Waals surface area contributed by atoms with Gasteiger partial charge in [-0.2, -0.15) is 0 Å². The molecule has 3 N–H and O–H groups in total. The molecule has 0 aromatic heterocycles.